The number of hydrogen-bond acceptors (Lipinski definition) is 5. The Bertz CT molecular complexity index is 894. The number of H-pyrrole nitrogens is 1. The van der Waals surface area contributed by atoms with Gasteiger partial charge in [-0.1, -0.05) is 0 Å². The maximum Gasteiger partial charge on any atom is 0.407 e. The third-order valence-corrected chi connectivity index (χ3v) is 5.50. The topological polar surface area (TPSA) is 109 Å². The fourth-order valence-electron chi connectivity index (χ4n) is 3.54. The van der Waals surface area contributed by atoms with E-state index in [9.17, 15) is 14.0 Å². The average molecular weight is 401 g/mol. The molecule has 4 rings (SSSR count). The summed E-state index contributed by atoms with van der Waals surface area (Å²) in [6.07, 6.45) is 5.05. The zero-order valence-electron chi connectivity index (χ0n) is 16.2. The van der Waals surface area contributed by atoms with E-state index in [4.69, 9.17) is 4.74 Å². The van der Waals surface area contributed by atoms with Crippen molar-refractivity contribution in [3.05, 3.63) is 41.6 Å². The minimum atomic E-state index is -0.441. The summed E-state index contributed by atoms with van der Waals surface area (Å²) in [7, 11) is 0. The predicted molar refractivity (Wildman–Crippen MR) is 103 cm³/mol. The minimum absolute atomic E-state index is 0.0375. The molecule has 9 heteroatoms. The van der Waals surface area contributed by atoms with Crippen molar-refractivity contribution in [2.75, 3.05) is 5.32 Å². The lowest BCUT2D eigenvalue weighted by Gasteiger charge is -2.16. The van der Waals surface area contributed by atoms with Gasteiger partial charge < -0.3 is 15.4 Å². The number of amides is 2. The third-order valence-electron chi connectivity index (χ3n) is 5.50. The highest BCUT2D eigenvalue weighted by Gasteiger charge is 2.40. The van der Waals surface area contributed by atoms with Crippen LogP contribution in [-0.4, -0.2) is 38.8 Å². The number of ether oxygens (including phenoxy) is 1. The number of anilines is 1. The second-order valence-electron chi connectivity index (χ2n) is 8.12. The number of rotatable bonds is 6. The summed E-state index contributed by atoms with van der Waals surface area (Å²) in [6, 6.07) is 4.55. The van der Waals surface area contributed by atoms with Crippen molar-refractivity contribution in [1.82, 2.24) is 20.5 Å². The number of alkyl carbamates (subject to hydrolysis) is 1. The van der Waals surface area contributed by atoms with E-state index in [0.717, 1.165) is 44.0 Å². The van der Waals surface area contributed by atoms with Gasteiger partial charge >= 0.3 is 6.09 Å². The van der Waals surface area contributed by atoms with Gasteiger partial charge in [-0.25, -0.2) is 9.18 Å². The molecular weight excluding hydrogens is 377 g/mol. The third kappa shape index (κ3) is 5.10. The first kappa shape index (κ1) is 19.4. The van der Waals surface area contributed by atoms with Crippen LogP contribution in [0.5, 0.6) is 0 Å². The van der Waals surface area contributed by atoms with Crippen LogP contribution in [0.4, 0.5) is 15.0 Å². The van der Waals surface area contributed by atoms with E-state index in [2.05, 4.69) is 25.8 Å². The zero-order valence-corrected chi connectivity index (χ0v) is 16.2. The van der Waals surface area contributed by atoms with E-state index in [1.165, 1.54) is 12.1 Å². The highest BCUT2D eigenvalue weighted by Crippen LogP contribution is 2.37. The summed E-state index contributed by atoms with van der Waals surface area (Å²) in [6.45, 7) is 2.01. The minimum Gasteiger partial charge on any atom is -0.446 e. The van der Waals surface area contributed by atoms with Crippen LogP contribution in [0, 0.1) is 5.82 Å². The standard InChI is InChI=1S/C20H24FN5O3/c1-20(6-7-20)24-19(28)29-15-5-2-12(8-15)16-10-17(26-25-16)23-18(27)9-14-4-3-13(21)11-22-14/h3-4,10-12,15H,2,5-9H2,1H3,(H,24,28)(H2,23,25,26,27)/t12-,15+/m0/s1. The zero-order chi connectivity index (χ0) is 20.4. The molecule has 0 aliphatic heterocycles. The van der Waals surface area contributed by atoms with Crippen LogP contribution in [0.25, 0.3) is 0 Å². The van der Waals surface area contributed by atoms with E-state index in [1.807, 2.05) is 6.92 Å². The van der Waals surface area contributed by atoms with Crippen LogP contribution < -0.4 is 10.6 Å². The number of aromatic amines is 1. The normalized spacial score (nSPS) is 22.1. The molecule has 2 fully saturated rings. The molecule has 2 heterocycles. The first-order chi connectivity index (χ1) is 13.9. The largest absolute Gasteiger partial charge is 0.446 e. The molecule has 2 aliphatic rings. The number of hydrogen-bond donors (Lipinski definition) is 3. The van der Waals surface area contributed by atoms with Gasteiger partial charge in [-0.2, -0.15) is 5.10 Å². The second kappa shape index (κ2) is 7.81. The van der Waals surface area contributed by atoms with Gasteiger partial charge in [0.2, 0.25) is 5.91 Å². The van der Waals surface area contributed by atoms with Gasteiger partial charge in [0.25, 0.3) is 0 Å². The molecule has 2 atom stereocenters. The van der Waals surface area contributed by atoms with E-state index >= 15 is 0 Å². The summed E-state index contributed by atoms with van der Waals surface area (Å²) < 4.78 is 18.4. The van der Waals surface area contributed by atoms with E-state index in [-0.39, 0.29) is 36.0 Å². The first-order valence-electron chi connectivity index (χ1n) is 9.83. The van der Waals surface area contributed by atoms with Crippen LogP contribution in [-0.2, 0) is 16.0 Å². The molecule has 0 saturated heterocycles. The van der Waals surface area contributed by atoms with Gasteiger partial charge in [0.15, 0.2) is 5.82 Å². The molecule has 2 amide bonds. The Kier molecular flexibility index (Phi) is 5.21. The summed E-state index contributed by atoms with van der Waals surface area (Å²) >= 11 is 0. The van der Waals surface area contributed by atoms with Crippen LogP contribution >= 0.6 is 0 Å². The van der Waals surface area contributed by atoms with E-state index in [0.29, 0.717) is 11.5 Å². The maximum absolute atomic E-state index is 12.9. The summed E-state index contributed by atoms with van der Waals surface area (Å²) in [5, 5.41) is 12.7. The Morgan fingerprint density at radius 3 is 2.90 bits per heavy atom. The van der Waals surface area contributed by atoms with Crippen LogP contribution in [0.1, 0.15) is 56.3 Å². The monoisotopic (exact) mass is 401 g/mol. The molecule has 154 valence electrons. The molecular formula is C20H24FN5O3. The van der Waals surface area contributed by atoms with Crippen molar-refractivity contribution in [2.45, 2.75) is 63.0 Å². The maximum atomic E-state index is 12.9. The van der Waals surface area contributed by atoms with E-state index < -0.39 is 5.82 Å². The van der Waals surface area contributed by atoms with Gasteiger partial charge in [-0.3, -0.25) is 14.9 Å². The van der Waals surface area contributed by atoms with Gasteiger partial charge in [0.1, 0.15) is 11.9 Å². The Balaban J connectivity index is 1.26. The van der Waals surface area contributed by atoms with Gasteiger partial charge in [0, 0.05) is 28.9 Å². The Hall–Kier alpha value is -2.97. The Labute approximate surface area is 167 Å². The average Bonchev–Trinajstić information content (AvgIpc) is 3.06. The number of carbonyl (C=O) groups is 2. The van der Waals surface area contributed by atoms with Crippen molar-refractivity contribution < 1.29 is 18.7 Å². The number of carbonyl (C=O) groups excluding carboxylic acids is 2. The lowest BCUT2D eigenvalue weighted by Crippen LogP contribution is -2.36. The highest BCUT2D eigenvalue weighted by molar-refractivity contribution is 5.91. The molecule has 0 spiro atoms. The summed E-state index contributed by atoms with van der Waals surface area (Å²) in [4.78, 5) is 28.0. The smallest absolute Gasteiger partial charge is 0.407 e. The quantitative estimate of drug-likeness (QED) is 0.689. The molecule has 8 nitrogen and oxygen atoms in total. The van der Waals surface area contributed by atoms with Gasteiger partial charge in [-0.15, -0.1) is 0 Å². The molecule has 2 aromatic heterocycles. The summed E-state index contributed by atoms with van der Waals surface area (Å²) in [5.41, 5.74) is 1.30. The van der Waals surface area contributed by atoms with Crippen LogP contribution in [0.15, 0.2) is 24.4 Å². The number of nitrogens with zero attached hydrogens (tertiary/aromatic N) is 2. The predicted octanol–water partition coefficient (Wildman–Crippen LogP) is 3.04. The summed E-state index contributed by atoms with van der Waals surface area (Å²) in [5.74, 6) is -0.0960. The number of nitrogens with one attached hydrogen (secondary N) is 3. The molecule has 3 N–H and O–H groups in total. The molecule has 2 saturated carbocycles. The van der Waals surface area contributed by atoms with Crippen LogP contribution in [0.3, 0.4) is 0 Å². The van der Waals surface area contributed by atoms with Crippen molar-refractivity contribution in [3.63, 3.8) is 0 Å². The van der Waals surface area contributed by atoms with Crippen molar-refractivity contribution in [1.29, 1.82) is 0 Å². The fourth-order valence-corrected chi connectivity index (χ4v) is 3.54. The SMILES string of the molecule is CC1(NC(=O)O[C@@H]2CC[C@H](c3cc(NC(=O)Cc4ccc(F)cn4)n[nH]3)C2)CC1. The fraction of sp³-hybridized carbons (Fsp3) is 0.500. The first-order valence-corrected chi connectivity index (χ1v) is 9.83. The second-order valence-corrected chi connectivity index (χ2v) is 8.12. The Morgan fingerprint density at radius 2 is 2.17 bits per heavy atom. The van der Waals surface area contributed by atoms with E-state index in [1.54, 1.807) is 6.07 Å². The molecule has 0 unspecified atom stereocenters. The molecule has 0 aromatic carbocycles. The molecule has 29 heavy (non-hydrogen) atoms. The lowest BCUT2D eigenvalue weighted by atomic mass is 10.0. The number of aromatic nitrogens is 3. The number of halogens is 1. The molecule has 0 bridgehead atoms. The number of pyridine rings is 1. The van der Waals surface area contributed by atoms with Crippen molar-refractivity contribution in [2.24, 2.45) is 0 Å². The van der Waals surface area contributed by atoms with Gasteiger partial charge in [0.05, 0.1) is 12.6 Å². The van der Waals surface area contributed by atoms with Crippen molar-refractivity contribution in [3.8, 4) is 0 Å². The Morgan fingerprint density at radius 1 is 1.34 bits per heavy atom. The highest BCUT2D eigenvalue weighted by atomic mass is 19.1. The lowest BCUT2D eigenvalue weighted by molar-refractivity contribution is -0.115. The van der Waals surface area contributed by atoms with Gasteiger partial charge in [-0.05, 0) is 51.2 Å². The molecule has 2 aliphatic carbocycles. The molecule has 0 radical (unpaired) electrons. The molecule has 2 aromatic rings. The van der Waals surface area contributed by atoms with Crippen molar-refractivity contribution >= 4 is 17.8 Å². The van der Waals surface area contributed by atoms with Crippen LogP contribution in [0.2, 0.25) is 0 Å².